The van der Waals surface area contributed by atoms with E-state index in [9.17, 15) is 4.79 Å². The van der Waals surface area contributed by atoms with Gasteiger partial charge in [0.05, 0.1) is 6.54 Å². The van der Waals surface area contributed by atoms with Crippen LogP contribution in [0.3, 0.4) is 0 Å². The van der Waals surface area contributed by atoms with Gasteiger partial charge in [-0.3, -0.25) is 0 Å². The fourth-order valence-corrected chi connectivity index (χ4v) is 1.36. The lowest BCUT2D eigenvalue weighted by molar-refractivity contribution is 0.207. The molecule has 0 N–H and O–H groups in total. The zero-order valence-electron chi connectivity index (χ0n) is 9.92. The third kappa shape index (κ3) is 6.01. The molecule has 84 valence electrons. The van der Waals surface area contributed by atoms with Gasteiger partial charge in [-0.1, -0.05) is 20.8 Å². The molecule has 0 aromatic rings. The van der Waals surface area contributed by atoms with E-state index in [0.717, 1.165) is 19.4 Å². The molecular weight excluding hydrogens is 188 g/mol. The largest absolute Gasteiger partial charge is 0.244 e. The Kier molecular flexibility index (Phi) is 6.61. The quantitative estimate of drug-likeness (QED) is 0.468. The van der Waals surface area contributed by atoms with Crippen LogP contribution in [-0.2, 0) is 4.79 Å². The van der Waals surface area contributed by atoms with Crippen LogP contribution < -0.4 is 0 Å². The fourth-order valence-electron chi connectivity index (χ4n) is 1.36. The molecule has 0 aliphatic carbocycles. The zero-order valence-corrected chi connectivity index (χ0v) is 9.92. The Labute approximate surface area is 92.0 Å². The van der Waals surface area contributed by atoms with E-state index in [0.29, 0.717) is 12.5 Å². The number of rotatable bonds is 7. The summed E-state index contributed by atoms with van der Waals surface area (Å²) in [6, 6.07) is 0. The Morgan fingerprint density at radius 2 is 2.00 bits per heavy atom. The maximum Gasteiger partial charge on any atom is 0.234 e. The van der Waals surface area contributed by atoms with Crippen LogP contribution in [0.25, 0.3) is 0 Å². The first-order valence-corrected chi connectivity index (χ1v) is 5.27. The van der Waals surface area contributed by atoms with Gasteiger partial charge in [-0.2, -0.15) is 0 Å². The second kappa shape index (κ2) is 7.17. The van der Waals surface area contributed by atoms with Gasteiger partial charge in [-0.25, -0.2) is 14.8 Å². The van der Waals surface area contributed by atoms with Gasteiger partial charge in [0.1, 0.15) is 0 Å². The molecule has 3 heteroatoms. The number of nitrogens with zero attached hydrogens (tertiary/aromatic N) is 2. The summed E-state index contributed by atoms with van der Waals surface area (Å²) in [7, 11) is 0. The van der Waals surface area contributed by atoms with Crippen molar-refractivity contribution >= 4 is 11.9 Å². The molecule has 0 aromatic heterocycles. The molecule has 0 heterocycles. The predicted octanol–water partition coefficient (Wildman–Crippen LogP) is 2.62. The predicted molar refractivity (Wildman–Crippen MR) is 63.1 cm³/mol. The molecule has 1 unspecified atom stereocenters. The summed E-state index contributed by atoms with van der Waals surface area (Å²) in [5.41, 5.74) is 0.178. The van der Waals surface area contributed by atoms with Crippen molar-refractivity contribution in [2.45, 2.75) is 33.6 Å². The lowest BCUT2D eigenvalue weighted by Gasteiger charge is -2.30. The third-order valence-corrected chi connectivity index (χ3v) is 3.05. The lowest BCUT2D eigenvalue weighted by atomic mass is 9.76. The van der Waals surface area contributed by atoms with Gasteiger partial charge in [-0.15, -0.1) is 0 Å². The number of isocyanates is 1. The van der Waals surface area contributed by atoms with E-state index < -0.39 is 0 Å². The summed E-state index contributed by atoms with van der Waals surface area (Å²) in [5.74, 6) is 3.07. The van der Waals surface area contributed by atoms with Crippen LogP contribution >= 0.6 is 0 Å². The van der Waals surface area contributed by atoms with Gasteiger partial charge in [0.15, 0.2) is 0 Å². The fraction of sp³-hybridized carbons (Fsp3) is 0.750. The number of aliphatic imine (C=N–C) groups is 2. The summed E-state index contributed by atoms with van der Waals surface area (Å²) >= 11 is 0. The smallest absolute Gasteiger partial charge is 0.234 e. The molecule has 15 heavy (non-hydrogen) atoms. The van der Waals surface area contributed by atoms with Crippen molar-refractivity contribution in [2.75, 3.05) is 13.1 Å². The van der Waals surface area contributed by atoms with Crippen LogP contribution in [-0.4, -0.2) is 25.0 Å². The van der Waals surface area contributed by atoms with Crippen LogP contribution in [0.1, 0.15) is 33.6 Å². The molecule has 0 fully saturated rings. The van der Waals surface area contributed by atoms with E-state index in [4.69, 9.17) is 0 Å². The molecule has 0 radical (unpaired) electrons. The van der Waals surface area contributed by atoms with E-state index in [-0.39, 0.29) is 5.41 Å². The molecule has 0 spiro atoms. The number of carbonyl (C=O) groups excluding carboxylic acids is 1. The average molecular weight is 208 g/mol. The molecule has 0 aliphatic rings. The standard InChI is InChI=1S/C12H20N2O/c1-5-13-8-6-11(2)12(3,4)7-9-14-10-15/h11H,1,6-9H2,2-4H3. The van der Waals surface area contributed by atoms with E-state index >= 15 is 0 Å². The van der Waals surface area contributed by atoms with Crippen molar-refractivity contribution in [3.05, 3.63) is 6.58 Å². The van der Waals surface area contributed by atoms with Gasteiger partial charge in [0.25, 0.3) is 0 Å². The van der Waals surface area contributed by atoms with Crippen LogP contribution in [0.4, 0.5) is 0 Å². The minimum Gasteiger partial charge on any atom is -0.244 e. The zero-order chi connectivity index (χ0) is 11.7. The molecule has 1 atom stereocenters. The second-order valence-electron chi connectivity index (χ2n) is 4.44. The van der Waals surface area contributed by atoms with Crippen molar-refractivity contribution in [3.63, 3.8) is 0 Å². The van der Waals surface area contributed by atoms with Gasteiger partial charge in [-0.05, 0) is 36.6 Å². The van der Waals surface area contributed by atoms with Gasteiger partial charge >= 0.3 is 0 Å². The Morgan fingerprint density at radius 1 is 1.33 bits per heavy atom. The molecule has 0 saturated heterocycles. The van der Waals surface area contributed by atoms with Crippen molar-refractivity contribution in [3.8, 4) is 0 Å². The first kappa shape index (κ1) is 13.8. The Bertz CT molecular complexity index is 271. The molecule has 0 bridgehead atoms. The number of hydrogen-bond acceptors (Lipinski definition) is 3. The summed E-state index contributed by atoms with van der Waals surface area (Å²) in [5, 5.41) is 0. The van der Waals surface area contributed by atoms with Crippen molar-refractivity contribution in [1.29, 1.82) is 0 Å². The number of hydrogen-bond donors (Lipinski definition) is 0. The monoisotopic (exact) mass is 208 g/mol. The van der Waals surface area contributed by atoms with E-state index in [1.165, 1.54) is 0 Å². The minimum absolute atomic E-state index is 0.178. The summed E-state index contributed by atoms with van der Waals surface area (Å²) in [6.45, 7) is 11.3. The molecule has 0 aliphatic heterocycles. The topological polar surface area (TPSA) is 41.8 Å². The SMILES string of the molecule is C=C=NCCC(C)C(C)(C)CCN=C=O. The molecule has 3 nitrogen and oxygen atoms in total. The van der Waals surface area contributed by atoms with Crippen molar-refractivity contribution < 1.29 is 4.79 Å². The average Bonchev–Trinajstić information content (AvgIpc) is 2.18. The first-order chi connectivity index (χ1) is 7.04. The highest BCUT2D eigenvalue weighted by Gasteiger charge is 2.24. The van der Waals surface area contributed by atoms with Crippen LogP contribution in [0.15, 0.2) is 16.6 Å². The Hall–Kier alpha value is -1.17. The highest BCUT2D eigenvalue weighted by atomic mass is 16.1. The summed E-state index contributed by atoms with van der Waals surface area (Å²) in [6.07, 6.45) is 3.49. The third-order valence-electron chi connectivity index (χ3n) is 3.05. The van der Waals surface area contributed by atoms with Crippen LogP contribution in [0, 0.1) is 11.3 Å². The lowest BCUT2D eigenvalue weighted by Crippen LogP contribution is -2.23. The van der Waals surface area contributed by atoms with E-state index in [1.807, 2.05) is 0 Å². The van der Waals surface area contributed by atoms with Crippen LogP contribution in [0.5, 0.6) is 0 Å². The molecule has 0 amide bonds. The van der Waals surface area contributed by atoms with Gasteiger partial charge < -0.3 is 0 Å². The summed E-state index contributed by atoms with van der Waals surface area (Å²) < 4.78 is 0. The minimum atomic E-state index is 0.178. The molecule has 0 rings (SSSR count). The normalized spacial score (nSPS) is 12.5. The Morgan fingerprint density at radius 3 is 2.53 bits per heavy atom. The van der Waals surface area contributed by atoms with Gasteiger partial charge in [0.2, 0.25) is 6.08 Å². The van der Waals surface area contributed by atoms with Gasteiger partial charge in [0, 0.05) is 6.54 Å². The van der Waals surface area contributed by atoms with Crippen LogP contribution in [0.2, 0.25) is 0 Å². The van der Waals surface area contributed by atoms with Crippen molar-refractivity contribution in [2.24, 2.45) is 21.3 Å². The maximum absolute atomic E-state index is 9.95. The first-order valence-electron chi connectivity index (χ1n) is 5.27. The van der Waals surface area contributed by atoms with Crippen molar-refractivity contribution in [1.82, 2.24) is 0 Å². The maximum atomic E-state index is 9.95. The Balaban J connectivity index is 4.05. The second-order valence-corrected chi connectivity index (χ2v) is 4.44. The summed E-state index contributed by atoms with van der Waals surface area (Å²) in [4.78, 5) is 17.5. The highest BCUT2D eigenvalue weighted by Crippen LogP contribution is 2.32. The van der Waals surface area contributed by atoms with E-state index in [1.54, 1.807) is 6.08 Å². The molecule has 0 saturated carbocycles. The molecule has 0 aromatic carbocycles. The van der Waals surface area contributed by atoms with E-state index in [2.05, 4.69) is 43.2 Å². The highest BCUT2D eigenvalue weighted by molar-refractivity contribution is 5.46. The molecular formula is C12H20N2O.